The lowest BCUT2D eigenvalue weighted by Crippen LogP contribution is -2.27. The highest BCUT2D eigenvalue weighted by atomic mass is 32.2. The van der Waals surface area contributed by atoms with Crippen molar-refractivity contribution in [2.75, 3.05) is 4.90 Å². The molecule has 7 heteroatoms. The van der Waals surface area contributed by atoms with Gasteiger partial charge in [0.1, 0.15) is 0 Å². The van der Waals surface area contributed by atoms with Crippen LogP contribution in [0.1, 0.15) is 16.1 Å². The lowest BCUT2D eigenvalue weighted by Gasteiger charge is -2.14. The summed E-state index contributed by atoms with van der Waals surface area (Å²) in [5.74, 6) is -1.34. The molecule has 2 aromatic rings. The van der Waals surface area contributed by atoms with Gasteiger partial charge in [-0.3, -0.25) is 14.7 Å². The predicted octanol–water partition coefficient (Wildman–Crippen LogP) is 3.19. The molecule has 0 unspecified atom stereocenters. The van der Waals surface area contributed by atoms with E-state index in [1.54, 1.807) is 36.5 Å². The Balaban J connectivity index is 1.95. The second kappa shape index (κ2) is 6.31. The van der Waals surface area contributed by atoms with E-state index < -0.39 is 5.97 Å². The van der Waals surface area contributed by atoms with Crippen LogP contribution in [0.25, 0.3) is 6.08 Å². The van der Waals surface area contributed by atoms with Crippen LogP contribution in [-0.4, -0.2) is 26.3 Å². The summed E-state index contributed by atoms with van der Waals surface area (Å²) < 4.78 is 0.361. The van der Waals surface area contributed by atoms with Gasteiger partial charge in [-0.2, -0.15) is 0 Å². The first-order valence-corrected chi connectivity index (χ1v) is 7.81. The topological polar surface area (TPSA) is 70.5 Å². The van der Waals surface area contributed by atoms with Crippen molar-refractivity contribution < 1.29 is 14.7 Å². The highest BCUT2D eigenvalue weighted by molar-refractivity contribution is 8.27. The maximum absolute atomic E-state index is 12.6. The summed E-state index contributed by atoms with van der Waals surface area (Å²) in [6, 6.07) is 11.5. The fourth-order valence-electron chi connectivity index (χ4n) is 2.06. The minimum Gasteiger partial charge on any atom is -0.478 e. The second-order valence-corrected chi connectivity index (χ2v) is 6.30. The third kappa shape index (κ3) is 3.15. The van der Waals surface area contributed by atoms with Crippen molar-refractivity contribution in [3.8, 4) is 0 Å². The normalized spacial score (nSPS) is 16.2. The molecule has 1 saturated heterocycles. The number of benzene rings is 1. The van der Waals surface area contributed by atoms with E-state index in [9.17, 15) is 9.59 Å². The molecule has 3 rings (SSSR count). The summed E-state index contributed by atoms with van der Waals surface area (Å²) in [4.78, 5) is 29.6. The number of amides is 1. The van der Waals surface area contributed by atoms with Crippen LogP contribution >= 0.6 is 24.0 Å². The van der Waals surface area contributed by atoms with Gasteiger partial charge in [0.05, 0.1) is 21.8 Å². The number of aromatic carboxylic acids is 1. The fourth-order valence-corrected chi connectivity index (χ4v) is 3.35. The largest absolute Gasteiger partial charge is 0.478 e. The number of aromatic nitrogens is 1. The monoisotopic (exact) mass is 342 g/mol. The molecule has 23 heavy (non-hydrogen) atoms. The van der Waals surface area contributed by atoms with Gasteiger partial charge in [-0.25, -0.2) is 4.79 Å². The van der Waals surface area contributed by atoms with Gasteiger partial charge in [-0.15, -0.1) is 0 Å². The number of rotatable bonds is 3. The maximum Gasteiger partial charge on any atom is 0.335 e. The molecule has 0 spiro atoms. The molecule has 0 radical (unpaired) electrons. The Kier molecular flexibility index (Phi) is 4.22. The number of thiocarbonyl (C=S) groups is 1. The maximum atomic E-state index is 12.6. The number of thioether (sulfide) groups is 1. The molecular formula is C16H10N2O3S2. The molecule has 5 nitrogen and oxygen atoms in total. The van der Waals surface area contributed by atoms with Crippen LogP contribution in [0.5, 0.6) is 0 Å². The molecule has 114 valence electrons. The van der Waals surface area contributed by atoms with Crippen LogP contribution in [0.4, 0.5) is 5.69 Å². The number of nitrogens with zero attached hydrogens (tertiary/aromatic N) is 2. The van der Waals surface area contributed by atoms with Crippen LogP contribution in [0.3, 0.4) is 0 Å². The van der Waals surface area contributed by atoms with Gasteiger partial charge in [0.25, 0.3) is 5.91 Å². The molecule has 1 N–H and O–H groups in total. The minimum absolute atomic E-state index is 0.102. The van der Waals surface area contributed by atoms with Crippen LogP contribution in [0.15, 0.2) is 53.6 Å². The van der Waals surface area contributed by atoms with Gasteiger partial charge in [0, 0.05) is 6.20 Å². The highest BCUT2D eigenvalue weighted by Gasteiger charge is 2.33. The summed E-state index contributed by atoms with van der Waals surface area (Å²) >= 11 is 6.43. The van der Waals surface area contributed by atoms with Crippen LogP contribution < -0.4 is 4.90 Å². The molecule has 1 amide bonds. The zero-order valence-electron chi connectivity index (χ0n) is 11.7. The quantitative estimate of drug-likeness (QED) is 0.682. The first-order chi connectivity index (χ1) is 11.1. The first kappa shape index (κ1) is 15.4. The van der Waals surface area contributed by atoms with Crippen molar-refractivity contribution in [3.63, 3.8) is 0 Å². The molecule has 0 aliphatic carbocycles. The molecule has 0 bridgehead atoms. The average Bonchev–Trinajstić information content (AvgIpc) is 2.82. The van der Waals surface area contributed by atoms with Crippen molar-refractivity contribution >= 4 is 51.9 Å². The van der Waals surface area contributed by atoms with E-state index in [0.29, 0.717) is 20.6 Å². The van der Waals surface area contributed by atoms with E-state index in [-0.39, 0.29) is 11.5 Å². The Morgan fingerprint density at radius 3 is 2.78 bits per heavy atom. The van der Waals surface area contributed by atoms with Gasteiger partial charge in [-0.1, -0.05) is 36.1 Å². The van der Waals surface area contributed by atoms with E-state index in [4.69, 9.17) is 17.3 Å². The number of hydrogen-bond donors (Lipinski definition) is 1. The number of hydrogen-bond acceptors (Lipinski definition) is 5. The second-order valence-electron chi connectivity index (χ2n) is 4.63. The van der Waals surface area contributed by atoms with Gasteiger partial charge < -0.3 is 5.11 Å². The summed E-state index contributed by atoms with van der Waals surface area (Å²) in [6.45, 7) is 0. The van der Waals surface area contributed by atoms with Gasteiger partial charge in [0.15, 0.2) is 4.32 Å². The Bertz CT molecular complexity index is 834. The molecule has 0 saturated carbocycles. The van der Waals surface area contributed by atoms with E-state index in [2.05, 4.69) is 4.98 Å². The average molecular weight is 342 g/mol. The van der Waals surface area contributed by atoms with Crippen molar-refractivity contribution in [1.82, 2.24) is 4.98 Å². The smallest absolute Gasteiger partial charge is 0.335 e. The fraction of sp³-hybridized carbons (Fsp3) is 0. The number of carboxylic acids is 1. The van der Waals surface area contributed by atoms with E-state index in [0.717, 1.165) is 0 Å². The number of carboxylic acid groups (broad SMARTS) is 1. The molecule has 1 fully saturated rings. The first-order valence-electron chi connectivity index (χ1n) is 6.58. The van der Waals surface area contributed by atoms with E-state index in [1.165, 1.54) is 28.8 Å². The SMILES string of the molecule is O=C(O)c1cccc(N2C(=O)C(=Cc3ccccn3)SC2=S)c1. The summed E-state index contributed by atoms with van der Waals surface area (Å²) in [5, 5.41) is 9.07. The Morgan fingerprint density at radius 2 is 2.09 bits per heavy atom. The molecule has 1 aromatic carbocycles. The Labute approximate surface area is 141 Å². The molecular weight excluding hydrogens is 332 g/mol. The summed E-state index contributed by atoms with van der Waals surface area (Å²) in [5.41, 5.74) is 1.20. The highest BCUT2D eigenvalue weighted by Crippen LogP contribution is 2.36. The Hall–Kier alpha value is -2.51. The lowest BCUT2D eigenvalue weighted by molar-refractivity contribution is -0.113. The van der Waals surface area contributed by atoms with Crippen LogP contribution in [0, 0.1) is 0 Å². The van der Waals surface area contributed by atoms with Gasteiger partial charge >= 0.3 is 5.97 Å². The number of pyridine rings is 1. The van der Waals surface area contributed by atoms with Crippen molar-refractivity contribution in [1.29, 1.82) is 0 Å². The lowest BCUT2D eigenvalue weighted by atomic mass is 10.2. The summed E-state index contributed by atoms with van der Waals surface area (Å²) in [6.07, 6.45) is 3.31. The molecule has 1 aliphatic rings. The molecule has 1 aliphatic heterocycles. The number of carbonyl (C=O) groups is 2. The van der Waals surface area contributed by atoms with Gasteiger partial charge in [0.2, 0.25) is 0 Å². The molecule has 2 heterocycles. The predicted molar refractivity (Wildman–Crippen MR) is 93.3 cm³/mol. The number of anilines is 1. The van der Waals surface area contributed by atoms with Crippen LogP contribution in [0.2, 0.25) is 0 Å². The zero-order valence-corrected chi connectivity index (χ0v) is 13.3. The third-order valence-corrected chi connectivity index (χ3v) is 4.41. The summed E-state index contributed by atoms with van der Waals surface area (Å²) in [7, 11) is 0. The van der Waals surface area contributed by atoms with Crippen molar-refractivity contribution in [3.05, 3.63) is 64.8 Å². The van der Waals surface area contributed by atoms with Crippen LogP contribution in [-0.2, 0) is 4.79 Å². The molecule has 0 atom stereocenters. The van der Waals surface area contributed by atoms with E-state index >= 15 is 0 Å². The standard InChI is InChI=1S/C16H10N2O3S2/c19-14-13(9-11-5-1-2-7-17-11)23-16(22)18(14)12-6-3-4-10(8-12)15(20)21/h1-9H,(H,20,21). The van der Waals surface area contributed by atoms with Crippen molar-refractivity contribution in [2.45, 2.75) is 0 Å². The Morgan fingerprint density at radius 1 is 1.26 bits per heavy atom. The van der Waals surface area contributed by atoms with Crippen molar-refractivity contribution in [2.24, 2.45) is 0 Å². The number of carbonyl (C=O) groups excluding carboxylic acids is 1. The minimum atomic E-state index is -1.05. The zero-order chi connectivity index (χ0) is 16.4. The third-order valence-electron chi connectivity index (χ3n) is 3.11. The van der Waals surface area contributed by atoms with Gasteiger partial charge in [-0.05, 0) is 36.4 Å². The van der Waals surface area contributed by atoms with E-state index in [1.807, 2.05) is 6.07 Å². The molecule has 1 aromatic heterocycles.